The molecule has 12 heteroatoms. The smallest absolute Gasteiger partial charge is 0.475 e. The number of halogens is 3. The highest BCUT2D eigenvalue weighted by atomic mass is 19.4. The molecule has 0 aliphatic heterocycles. The van der Waals surface area contributed by atoms with Gasteiger partial charge in [0, 0.05) is 35.4 Å². The average molecular weight is 439 g/mol. The number of pyridine rings is 1. The molecule has 166 valence electrons. The first-order valence-corrected chi connectivity index (χ1v) is 8.89. The van der Waals surface area contributed by atoms with Gasteiger partial charge >= 0.3 is 12.1 Å². The first-order valence-electron chi connectivity index (χ1n) is 8.89. The molecule has 0 radical (unpaired) electrons. The fourth-order valence-corrected chi connectivity index (χ4v) is 2.43. The molecule has 3 N–H and O–H groups in total. The Morgan fingerprint density at radius 2 is 1.87 bits per heavy atom. The van der Waals surface area contributed by atoms with Crippen LogP contribution in [0.15, 0.2) is 47.5 Å². The number of carboxylic acids is 1. The van der Waals surface area contributed by atoms with E-state index in [-0.39, 0.29) is 11.5 Å². The number of alkyl halides is 3. The Labute approximate surface area is 174 Å². The van der Waals surface area contributed by atoms with Crippen LogP contribution < -0.4 is 10.9 Å². The molecule has 0 bridgehead atoms. The number of carboxylic acid groups (broad SMARTS) is 1. The van der Waals surface area contributed by atoms with E-state index in [4.69, 9.17) is 9.90 Å². The van der Waals surface area contributed by atoms with Gasteiger partial charge in [0.15, 0.2) is 5.69 Å². The van der Waals surface area contributed by atoms with E-state index in [2.05, 4.69) is 20.3 Å². The minimum Gasteiger partial charge on any atom is -0.475 e. The molecule has 3 aromatic rings. The van der Waals surface area contributed by atoms with Crippen LogP contribution in [0.4, 0.5) is 18.9 Å². The molecule has 0 unspecified atom stereocenters. The van der Waals surface area contributed by atoms with Crippen molar-refractivity contribution in [2.45, 2.75) is 12.7 Å². The van der Waals surface area contributed by atoms with Gasteiger partial charge in [0.25, 0.3) is 11.5 Å². The molecule has 0 aliphatic rings. The van der Waals surface area contributed by atoms with Crippen molar-refractivity contribution in [3.63, 3.8) is 0 Å². The van der Waals surface area contributed by atoms with Crippen LogP contribution in [-0.4, -0.2) is 63.5 Å². The predicted molar refractivity (Wildman–Crippen MR) is 107 cm³/mol. The number of hydrogen-bond donors (Lipinski definition) is 3. The number of carbonyl (C=O) groups excluding carboxylic acids is 1. The molecule has 0 spiro atoms. The summed E-state index contributed by atoms with van der Waals surface area (Å²) in [6, 6.07) is 8.68. The maximum Gasteiger partial charge on any atom is 0.490 e. The molecule has 9 nitrogen and oxygen atoms in total. The Bertz CT molecular complexity index is 1120. The minimum atomic E-state index is -5.08. The second-order valence-corrected chi connectivity index (χ2v) is 6.60. The molecule has 0 fully saturated rings. The minimum absolute atomic E-state index is 0.184. The number of nitrogens with one attached hydrogen (secondary N) is 2. The molecule has 0 saturated carbocycles. The highest BCUT2D eigenvalue weighted by Gasteiger charge is 2.38. The third-order valence-corrected chi connectivity index (χ3v) is 3.96. The van der Waals surface area contributed by atoms with Gasteiger partial charge in [0.05, 0.1) is 6.54 Å². The summed E-state index contributed by atoms with van der Waals surface area (Å²) in [5.41, 5.74) is 0.749. The van der Waals surface area contributed by atoms with Gasteiger partial charge in [-0.2, -0.15) is 18.3 Å². The molecule has 2 heterocycles. The summed E-state index contributed by atoms with van der Waals surface area (Å²) < 4.78 is 33.5. The molecule has 1 aromatic carbocycles. The van der Waals surface area contributed by atoms with E-state index in [0.717, 1.165) is 6.54 Å². The van der Waals surface area contributed by atoms with Crippen LogP contribution in [0.3, 0.4) is 0 Å². The number of aliphatic carboxylic acids is 1. The molecule has 0 saturated heterocycles. The Morgan fingerprint density at radius 3 is 2.48 bits per heavy atom. The van der Waals surface area contributed by atoms with Crippen LogP contribution in [0.2, 0.25) is 0 Å². The lowest BCUT2D eigenvalue weighted by atomic mass is 10.1. The molecular formula is C19H20F3N5O4. The second-order valence-electron chi connectivity index (χ2n) is 6.60. The zero-order chi connectivity index (χ0) is 23.2. The number of anilines is 1. The lowest BCUT2D eigenvalue weighted by Gasteiger charge is -2.09. The number of likely N-dealkylation sites (N-methyl/N-ethyl adjacent to an activating group) is 1. The van der Waals surface area contributed by atoms with Crippen molar-refractivity contribution >= 4 is 28.3 Å². The Balaban J connectivity index is 0.000000423. The molecule has 3 rings (SSSR count). The van der Waals surface area contributed by atoms with Crippen molar-refractivity contribution in [1.82, 2.24) is 19.7 Å². The summed E-state index contributed by atoms with van der Waals surface area (Å²) in [4.78, 5) is 37.8. The van der Waals surface area contributed by atoms with Gasteiger partial charge in [-0.3, -0.25) is 14.3 Å². The van der Waals surface area contributed by atoms with Crippen molar-refractivity contribution in [2.24, 2.45) is 0 Å². The van der Waals surface area contributed by atoms with Crippen molar-refractivity contribution in [3.8, 4) is 0 Å². The van der Waals surface area contributed by atoms with Gasteiger partial charge in [-0.1, -0.05) is 6.07 Å². The van der Waals surface area contributed by atoms with E-state index in [1.54, 1.807) is 47.4 Å². The van der Waals surface area contributed by atoms with Crippen molar-refractivity contribution in [1.29, 1.82) is 0 Å². The topological polar surface area (TPSA) is 120 Å². The van der Waals surface area contributed by atoms with Crippen LogP contribution in [-0.2, 0) is 11.3 Å². The number of benzene rings is 1. The fourth-order valence-electron chi connectivity index (χ4n) is 2.43. The number of rotatable bonds is 5. The zero-order valence-corrected chi connectivity index (χ0v) is 16.6. The second kappa shape index (κ2) is 9.89. The van der Waals surface area contributed by atoms with Crippen molar-refractivity contribution in [2.75, 3.05) is 26.0 Å². The molecular weight excluding hydrogens is 419 g/mol. The van der Waals surface area contributed by atoms with Crippen molar-refractivity contribution < 1.29 is 27.9 Å². The predicted octanol–water partition coefficient (Wildman–Crippen LogP) is 2.17. The van der Waals surface area contributed by atoms with E-state index < -0.39 is 12.1 Å². The average Bonchev–Trinajstić information content (AvgIpc) is 3.16. The van der Waals surface area contributed by atoms with Gasteiger partial charge in [-0.05, 0) is 38.4 Å². The SMILES string of the molecule is CN(C)CCn1ccc(C(=O)Nc2cccc3c(=O)[nH]ccc23)n1.O=C(O)C(F)(F)F. The van der Waals surface area contributed by atoms with Crippen LogP contribution in [0.1, 0.15) is 10.5 Å². The molecule has 31 heavy (non-hydrogen) atoms. The number of fused-ring (bicyclic) bond motifs is 1. The number of H-pyrrole nitrogens is 1. The molecule has 0 atom stereocenters. The summed E-state index contributed by atoms with van der Waals surface area (Å²) in [6.07, 6.45) is -1.73. The third kappa shape index (κ3) is 6.67. The summed E-state index contributed by atoms with van der Waals surface area (Å²) >= 11 is 0. The normalized spacial score (nSPS) is 11.2. The van der Waals surface area contributed by atoms with E-state index >= 15 is 0 Å². The van der Waals surface area contributed by atoms with Crippen LogP contribution in [0.5, 0.6) is 0 Å². The van der Waals surface area contributed by atoms with Gasteiger partial charge in [0.1, 0.15) is 0 Å². The lowest BCUT2D eigenvalue weighted by Crippen LogP contribution is -2.21. The first-order chi connectivity index (χ1) is 14.5. The highest BCUT2D eigenvalue weighted by Crippen LogP contribution is 2.20. The van der Waals surface area contributed by atoms with E-state index in [0.29, 0.717) is 28.7 Å². The van der Waals surface area contributed by atoms with Gasteiger partial charge < -0.3 is 20.3 Å². The van der Waals surface area contributed by atoms with Crippen LogP contribution in [0, 0.1) is 0 Å². The summed E-state index contributed by atoms with van der Waals surface area (Å²) in [5, 5.41) is 15.5. The monoisotopic (exact) mass is 439 g/mol. The molecule has 1 amide bonds. The quantitative estimate of drug-likeness (QED) is 0.561. The molecule has 2 aromatic heterocycles. The van der Waals surface area contributed by atoms with E-state index in [1.807, 2.05) is 14.1 Å². The Hall–Kier alpha value is -3.67. The third-order valence-electron chi connectivity index (χ3n) is 3.96. The number of aromatic nitrogens is 3. The lowest BCUT2D eigenvalue weighted by molar-refractivity contribution is -0.192. The summed E-state index contributed by atoms with van der Waals surface area (Å²) in [5.74, 6) is -3.06. The first kappa shape index (κ1) is 23.6. The number of carbonyl (C=O) groups is 2. The van der Waals surface area contributed by atoms with E-state index in [9.17, 15) is 22.8 Å². The number of aromatic amines is 1. The van der Waals surface area contributed by atoms with Crippen LogP contribution >= 0.6 is 0 Å². The number of hydrogen-bond acceptors (Lipinski definition) is 5. The summed E-state index contributed by atoms with van der Waals surface area (Å²) in [7, 11) is 3.97. The number of nitrogens with zero attached hydrogens (tertiary/aromatic N) is 3. The summed E-state index contributed by atoms with van der Waals surface area (Å²) in [6.45, 7) is 1.55. The molecule has 0 aliphatic carbocycles. The fraction of sp³-hybridized carbons (Fsp3) is 0.263. The van der Waals surface area contributed by atoms with Gasteiger partial charge in [-0.25, -0.2) is 4.79 Å². The standard InChI is InChI=1S/C17H19N5O2.C2HF3O2/c1-21(2)10-11-22-9-7-15(20-22)17(24)19-14-5-3-4-13-12(14)6-8-18-16(13)23;3-2(4,5)1(6)7/h3-9H,10-11H2,1-2H3,(H,18,23)(H,19,24);(H,6,7). The largest absolute Gasteiger partial charge is 0.490 e. The maximum atomic E-state index is 12.4. The van der Waals surface area contributed by atoms with Gasteiger partial charge in [-0.15, -0.1) is 0 Å². The van der Waals surface area contributed by atoms with Crippen molar-refractivity contribution in [3.05, 3.63) is 58.8 Å². The Morgan fingerprint density at radius 1 is 1.19 bits per heavy atom. The zero-order valence-electron chi connectivity index (χ0n) is 16.6. The van der Waals surface area contributed by atoms with E-state index in [1.165, 1.54) is 0 Å². The van der Waals surface area contributed by atoms with Crippen LogP contribution in [0.25, 0.3) is 10.8 Å². The van der Waals surface area contributed by atoms with Gasteiger partial charge in [0.2, 0.25) is 0 Å². The maximum absolute atomic E-state index is 12.4. The number of amides is 1. The highest BCUT2D eigenvalue weighted by molar-refractivity contribution is 6.08. The Kier molecular flexibility index (Phi) is 7.53.